The molecule has 1 unspecified atom stereocenters. The number of carbonyl (C=O) groups excluding carboxylic acids is 1. The summed E-state index contributed by atoms with van der Waals surface area (Å²) in [5, 5.41) is 3.47. The van der Waals surface area contributed by atoms with E-state index in [1.54, 1.807) is 6.20 Å². The standard InChI is InChI=1S/C18H18N4O2S/c1-22-10-9-19-16(22)15-14(12-6-3-2-4-7-12)20-18(25-15)21-17(23)13-8-5-11-24-13/h2-4,6-7,9-10,13H,5,8,11H2,1H3,(H,20,21,23). The maximum absolute atomic E-state index is 12.3. The number of rotatable bonds is 4. The van der Waals surface area contributed by atoms with Gasteiger partial charge in [-0.15, -0.1) is 0 Å². The van der Waals surface area contributed by atoms with Crippen molar-refractivity contribution >= 4 is 22.4 Å². The average Bonchev–Trinajstić information content (AvgIpc) is 3.35. The predicted molar refractivity (Wildman–Crippen MR) is 97.4 cm³/mol. The molecule has 25 heavy (non-hydrogen) atoms. The van der Waals surface area contributed by atoms with Crippen molar-refractivity contribution in [1.29, 1.82) is 0 Å². The van der Waals surface area contributed by atoms with Gasteiger partial charge in [-0.2, -0.15) is 0 Å². The molecule has 7 heteroatoms. The number of imidazole rings is 1. The van der Waals surface area contributed by atoms with Gasteiger partial charge >= 0.3 is 0 Å². The van der Waals surface area contributed by atoms with E-state index in [9.17, 15) is 4.79 Å². The second-order valence-electron chi connectivity index (χ2n) is 5.92. The van der Waals surface area contributed by atoms with E-state index in [-0.39, 0.29) is 12.0 Å². The fourth-order valence-electron chi connectivity index (χ4n) is 2.87. The number of nitrogens with one attached hydrogen (secondary N) is 1. The zero-order valence-electron chi connectivity index (χ0n) is 13.8. The Bertz CT molecular complexity index is 882. The van der Waals surface area contributed by atoms with E-state index in [2.05, 4.69) is 15.3 Å². The summed E-state index contributed by atoms with van der Waals surface area (Å²) in [6, 6.07) is 9.93. The number of thiazole rings is 1. The number of carbonyl (C=O) groups is 1. The molecule has 3 aromatic rings. The van der Waals surface area contributed by atoms with Gasteiger partial charge in [-0.25, -0.2) is 9.97 Å². The lowest BCUT2D eigenvalue weighted by Crippen LogP contribution is -2.26. The highest BCUT2D eigenvalue weighted by Gasteiger charge is 2.25. The van der Waals surface area contributed by atoms with Crippen molar-refractivity contribution in [3.63, 3.8) is 0 Å². The minimum absolute atomic E-state index is 0.128. The Labute approximate surface area is 149 Å². The third kappa shape index (κ3) is 3.20. The minimum atomic E-state index is -0.374. The summed E-state index contributed by atoms with van der Waals surface area (Å²) in [6.07, 6.45) is 4.96. The van der Waals surface area contributed by atoms with Crippen molar-refractivity contribution in [2.45, 2.75) is 18.9 Å². The zero-order valence-corrected chi connectivity index (χ0v) is 14.6. The van der Waals surface area contributed by atoms with Gasteiger partial charge in [0, 0.05) is 31.6 Å². The molecular weight excluding hydrogens is 336 g/mol. The quantitative estimate of drug-likeness (QED) is 0.780. The first kappa shape index (κ1) is 16.0. The van der Waals surface area contributed by atoms with E-state index in [4.69, 9.17) is 4.74 Å². The number of ether oxygens (including phenoxy) is 1. The fourth-order valence-corrected chi connectivity index (χ4v) is 3.90. The van der Waals surface area contributed by atoms with Crippen molar-refractivity contribution < 1.29 is 9.53 Å². The first-order chi connectivity index (χ1) is 12.2. The predicted octanol–water partition coefficient (Wildman–Crippen LogP) is 3.33. The number of aromatic nitrogens is 3. The molecule has 1 aromatic carbocycles. The van der Waals surface area contributed by atoms with E-state index in [1.807, 2.05) is 48.1 Å². The Morgan fingerprint density at radius 1 is 1.36 bits per heavy atom. The molecule has 1 amide bonds. The molecule has 3 heterocycles. The van der Waals surface area contributed by atoms with Gasteiger partial charge in [0.2, 0.25) is 0 Å². The summed E-state index contributed by atoms with van der Waals surface area (Å²) < 4.78 is 7.40. The lowest BCUT2D eigenvalue weighted by molar-refractivity contribution is -0.124. The summed E-state index contributed by atoms with van der Waals surface area (Å²) in [7, 11) is 1.95. The number of benzene rings is 1. The lowest BCUT2D eigenvalue weighted by atomic mass is 10.1. The van der Waals surface area contributed by atoms with Crippen molar-refractivity contribution in [2.75, 3.05) is 11.9 Å². The molecule has 1 atom stereocenters. The van der Waals surface area contributed by atoms with Crippen molar-refractivity contribution in [1.82, 2.24) is 14.5 Å². The summed E-state index contributed by atoms with van der Waals surface area (Å²) in [6.45, 7) is 0.643. The molecule has 128 valence electrons. The number of aryl methyl sites for hydroxylation is 1. The SMILES string of the molecule is Cn1ccnc1-c1sc(NC(=O)C2CCCO2)nc1-c1ccccc1. The van der Waals surface area contributed by atoms with E-state index < -0.39 is 0 Å². The molecule has 0 saturated carbocycles. The van der Waals surface area contributed by atoms with E-state index >= 15 is 0 Å². The van der Waals surface area contributed by atoms with Crippen LogP contribution in [0.5, 0.6) is 0 Å². The number of amides is 1. The molecule has 0 aliphatic carbocycles. The molecule has 1 fully saturated rings. The number of hydrogen-bond donors (Lipinski definition) is 1. The smallest absolute Gasteiger partial charge is 0.255 e. The first-order valence-corrected chi connectivity index (χ1v) is 9.00. The highest BCUT2D eigenvalue weighted by molar-refractivity contribution is 7.19. The maximum atomic E-state index is 12.3. The largest absolute Gasteiger partial charge is 0.368 e. The summed E-state index contributed by atoms with van der Waals surface area (Å²) >= 11 is 1.43. The van der Waals surface area contributed by atoms with Gasteiger partial charge in [-0.05, 0) is 12.8 Å². The molecule has 1 N–H and O–H groups in total. The third-order valence-electron chi connectivity index (χ3n) is 4.15. The lowest BCUT2D eigenvalue weighted by Gasteiger charge is -2.07. The molecule has 0 spiro atoms. The second kappa shape index (κ2) is 6.78. The molecule has 6 nitrogen and oxygen atoms in total. The number of nitrogens with zero attached hydrogens (tertiary/aromatic N) is 3. The topological polar surface area (TPSA) is 69.0 Å². The second-order valence-corrected chi connectivity index (χ2v) is 6.91. The van der Waals surface area contributed by atoms with Crippen LogP contribution < -0.4 is 5.32 Å². The van der Waals surface area contributed by atoms with E-state index in [0.717, 1.165) is 34.8 Å². The summed E-state index contributed by atoms with van der Waals surface area (Å²) in [5.74, 6) is 0.700. The van der Waals surface area contributed by atoms with Gasteiger partial charge in [0.05, 0.1) is 10.6 Å². The molecule has 1 saturated heterocycles. The minimum Gasteiger partial charge on any atom is -0.368 e. The molecule has 2 aromatic heterocycles. The molecule has 0 bridgehead atoms. The summed E-state index contributed by atoms with van der Waals surface area (Å²) in [4.78, 5) is 22.4. The molecule has 1 aliphatic rings. The molecular formula is C18H18N4O2S. The van der Waals surface area contributed by atoms with Crippen LogP contribution in [0.4, 0.5) is 5.13 Å². The van der Waals surface area contributed by atoms with E-state index in [1.165, 1.54) is 11.3 Å². The molecule has 0 radical (unpaired) electrons. The number of anilines is 1. The Morgan fingerprint density at radius 3 is 2.88 bits per heavy atom. The van der Waals surface area contributed by atoms with Gasteiger partial charge in [-0.3, -0.25) is 10.1 Å². The van der Waals surface area contributed by atoms with Gasteiger partial charge in [0.1, 0.15) is 6.10 Å². The summed E-state index contributed by atoms with van der Waals surface area (Å²) in [5.41, 5.74) is 1.82. The van der Waals surface area contributed by atoms with Crippen LogP contribution in [0.25, 0.3) is 22.0 Å². The average molecular weight is 354 g/mol. The molecule has 4 rings (SSSR count). The van der Waals surface area contributed by atoms with Crippen molar-refractivity contribution in [3.05, 3.63) is 42.7 Å². The van der Waals surface area contributed by atoms with Gasteiger partial charge in [0.25, 0.3) is 5.91 Å². The van der Waals surface area contributed by atoms with Crippen LogP contribution in [0.2, 0.25) is 0 Å². The Morgan fingerprint density at radius 2 is 2.20 bits per heavy atom. The van der Waals surface area contributed by atoms with Crippen LogP contribution in [0, 0.1) is 0 Å². The van der Waals surface area contributed by atoms with Crippen molar-refractivity contribution in [2.24, 2.45) is 7.05 Å². The van der Waals surface area contributed by atoms with Gasteiger partial charge in [-0.1, -0.05) is 41.7 Å². The Hall–Kier alpha value is -2.51. The zero-order chi connectivity index (χ0) is 17.2. The van der Waals surface area contributed by atoms with Gasteiger partial charge in [0.15, 0.2) is 11.0 Å². The van der Waals surface area contributed by atoms with Crippen LogP contribution >= 0.6 is 11.3 Å². The van der Waals surface area contributed by atoms with E-state index in [0.29, 0.717) is 11.7 Å². The highest BCUT2D eigenvalue weighted by Crippen LogP contribution is 2.38. The normalized spacial score (nSPS) is 16.9. The third-order valence-corrected chi connectivity index (χ3v) is 5.12. The number of hydrogen-bond acceptors (Lipinski definition) is 5. The van der Waals surface area contributed by atoms with Crippen LogP contribution in [-0.2, 0) is 16.6 Å². The van der Waals surface area contributed by atoms with Crippen LogP contribution in [0.3, 0.4) is 0 Å². The fraction of sp³-hybridized carbons (Fsp3) is 0.278. The Balaban J connectivity index is 1.71. The van der Waals surface area contributed by atoms with Gasteiger partial charge < -0.3 is 9.30 Å². The monoisotopic (exact) mass is 354 g/mol. The van der Waals surface area contributed by atoms with Crippen LogP contribution in [-0.4, -0.2) is 33.2 Å². The first-order valence-electron chi connectivity index (χ1n) is 8.19. The van der Waals surface area contributed by atoms with Crippen LogP contribution in [0.1, 0.15) is 12.8 Å². The van der Waals surface area contributed by atoms with Crippen molar-refractivity contribution in [3.8, 4) is 22.0 Å². The maximum Gasteiger partial charge on any atom is 0.255 e. The van der Waals surface area contributed by atoms with Crippen LogP contribution in [0.15, 0.2) is 42.7 Å². The Kier molecular flexibility index (Phi) is 4.33. The molecule has 1 aliphatic heterocycles. The highest BCUT2D eigenvalue weighted by atomic mass is 32.1.